The molecule has 17 heavy (non-hydrogen) atoms. The zero-order valence-corrected chi connectivity index (χ0v) is 13.4. The summed E-state index contributed by atoms with van der Waals surface area (Å²) in [6.07, 6.45) is 0. The van der Waals surface area contributed by atoms with Gasteiger partial charge in [0.2, 0.25) is 0 Å². The van der Waals surface area contributed by atoms with E-state index in [1.54, 1.807) is 0 Å². The Hall–Kier alpha value is -0.260. The second-order valence-electron chi connectivity index (χ2n) is 3.61. The van der Waals surface area contributed by atoms with Crippen molar-refractivity contribution in [2.24, 2.45) is 0 Å². The van der Waals surface area contributed by atoms with E-state index in [0.29, 0.717) is 0 Å². The molecule has 2 rings (SSSR count). The molecule has 0 aliphatic carbocycles. The van der Waals surface area contributed by atoms with Gasteiger partial charge in [-0.2, -0.15) is 0 Å². The summed E-state index contributed by atoms with van der Waals surface area (Å²) < 4.78 is 2.16. The molecule has 0 aliphatic rings. The summed E-state index contributed by atoms with van der Waals surface area (Å²) in [5.41, 5.74) is 2.29. The van der Waals surface area contributed by atoms with E-state index < -0.39 is 0 Å². The van der Waals surface area contributed by atoms with Crippen molar-refractivity contribution >= 4 is 55.8 Å². The summed E-state index contributed by atoms with van der Waals surface area (Å²) in [6, 6.07) is 14.3. The maximum atomic E-state index is 6.03. The topological polar surface area (TPSA) is 12.0 Å². The van der Waals surface area contributed by atoms with Gasteiger partial charge in [0.1, 0.15) is 0 Å². The van der Waals surface area contributed by atoms with Crippen molar-refractivity contribution in [2.45, 2.75) is 6.54 Å². The summed E-state index contributed by atoms with van der Waals surface area (Å²) in [5, 5.41) is 4.07. The molecule has 0 aromatic heterocycles. The lowest BCUT2D eigenvalue weighted by Gasteiger charge is -2.08. The molecule has 1 N–H and O–H groups in total. The number of nitrogens with one attached hydrogen (secondary N) is 1. The van der Waals surface area contributed by atoms with Gasteiger partial charge in [0.05, 0.1) is 5.02 Å². The fourth-order valence-electron chi connectivity index (χ4n) is 1.46. The average Bonchev–Trinajstić information content (AvgIpc) is 2.31. The predicted octanol–water partition coefficient (Wildman–Crippen LogP) is 5.32. The molecule has 2 aromatic carbocycles. The third kappa shape index (κ3) is 3.86. The molecule has 0 saturated carbocycles. The minimum Gasteiger partial charge on any atom is -0.381 e. The van der Waals surface area contributed by atoms with Gasteiger partial charge in [-0.3, -0.25) is 0 Å². The van der Waals surface area contributed by atoms with E-state index in [4.69, 9.17) is 11.6 Å². The number of rotatable bonds is 3. The first-order chi connectivity index (χ1) is 8.15. The fourth-order valence-corrected chi connectivity index (χ4v) is 2.49. The summed E-state index contributed by atoms with van der Waals surface area (Å²) in [4.78, 5) is 0. The van der Waals surface area contributed by atoms with Crippen LogP contribution in [0.5, 0.6) is 0 Å². The van der Waals surface area contributed by atoms with Gasteiger partial charge in [-0.05, 0) is 74.4 Å². The molecule has 0 saturated heterocycles. The maximum absolute atomic E-state index is 6.03. The highest BCUT2D eigenvalue weighted by Gasteiger charge is 1.99. The van der Waals surface area contributed by atoms with Crippen LogP contribution in [0.2, 0.25) is 5.02 Å². The molecule has 0 bridgehead atoms. The van der Waals surface area contributed by atoms with Crippen molar-refractivity contribution in [3.63, 3.8) is 0 Å². The van der Waals surface area contributed by atoms with Crippen LogP contribution >= 0.6 is 50.1 Å². The molecule has 2 aromatic rings. The van der Waals surface area contributed by atoms with Crippen LogP contribution in [0.1, 0.15) is 5.56 Å². The summed E-state index contributed by atoms with van der Waals surface area (Å²) in [5.74, 6) is 0. The van der Waals surface area contributed by atoms with Gasteiger partial charge in [-0.1, -0.05) is 23.7 Å². The van der Waals surface area contributed by atoms with Gasteiger partial charge in [0.25, 0.3) is 0 Å². The Balaban J connectivity index is 2.05. The predicted molar refractivity (Wildman–Crippen MR) is 85.6 cm³/mol. The number of hydrogen-bond donors (Lipinski definition) is 1. The zero-order valence-electron chi connectivity index (χ0n) is 8.88. The monoisotopic (exact) mass is 421 g/mol. The molecule has 0 spiro atoms. The first-order valence-corrected chi connectivity index (χ1v) is 7.33. The molecule has 88 valence electrons. The maximum Gasteiger partial charge on any atom is 0.0568 e. The third-order valence-electron chi connectivity index (χ3n) is 2.31. The van der Waals surface area contributed by atoms with E-state index >= 15 is 0 Å². The number of anilines is 1. The molecule has 0 aliphatic heterocycles. The van der Waals surface area contributed by atoms with Crippen LogP contribution in [0.3, 0.4) is 0 Å². The molecule has 0 amide bonds. The van der Waals surface area contributed by atoms with Crippen molar-refractivity contribution < 1.29 is 0 Å². The smallest absolute Gasteiger partial charge is 0.0568 e. The van der Waals surface area contributed by atoms with E-state index in [0.717, 1.165) is 21.7 Å². The quantitative estimate of drug-likeness (QED) is 0.661. The molecular formula is C13H10BrClIN. The van der Waals surface area contributed by atoms with Crippen molar-refractivity contribution in [3.05, 3.63) is 61.1 Å². The Morgan fingerprint density at radius 2 is 2.00 bits per heavy atom. The lowest BCUT2D eigenvalue weighted by Crippen LogP contribution is -1.99. The first kappa shape index (κ1) is 13.2. The SMILES string of the molecule is Clc1cc(NCc2cccc(I)c2)ccc1Br. The number of halogens is 3. The van der Waals surface area contributed by atoms with Gasteiger partial charge >= 0.3 is 0 Å². The highest BCUT2D eigenvalue weighted by Crippen LogP contribution is 2.25. The van der Waals surface area contributed by atoms with Crippen molar-refractivity contribution in [1.29, 1.82) is 0 Å². The zero-order chi connectivity index (χ0) is 12.3. The molecular weight excluding hydrogens is 412 g/mol. The minimum absolute atomic E-state index is 0.720. The molecule has 0 unspecified atom stereocenters. The largest absolute Gasteiger partial charge is 0.381 e. The molecule has 0 atom stereocenters. The van der Waals surface area contributed by atoms with Crippen LogP contribution in [0.15, 0.2) is 46.9 Å². The second kappa shape index (κ2) is 6.07. The van der Waals surface area contributed by atoms with E-state index in [1.807, 2.05) is 18.2 Å². The molecule has 1 nitrogen and oxygen atoms in total. The Morgan fingerprint density at radius 3 is 2.71 bits per heavy atom. The van der Waals surface area contributed by atoms with Crippen molar-refractivity contribution in [2.75, 3.05) is 5.32 Å². The van der Waals surface area contributed by atoms with Gasteiger partial charge < -0.3 is 5.32 Å². The molecule has 0 fully saturated rings. The highest BCUT2D eigenvalue weighted by molar-refractivity contribution is 14.1. The van der Waals surface area contributed by atoms with Crippen LogP contribution in [0.25, 0.3) is 0 Å². The van der Waals surface area contributed by atoms with Gasteiger partial charge in [-0.15, -0.1) is 0 Å². The lowest BCUT2D eigenvalue weighted by atomic mass is 10.2. The fraction of sp³-hybridized carbons (Fsp3) is 0.0769. The Kier molecular flexibility index (Phi) is 4.70. The highest BCUT2D eigenvalue weighted by atomic mass is 127. The Labute approximate surface area is 128 Å². The number of benzene rings is 2. The van der Waals surface area contributed by atoms with Crippen LogP contribution in [-0.2, 0) is 6.54 Å². The van der Waals surface area contributed by atoms with Gasteiger partial charge in [-0.25, -0.2) is 0 Å². The van der Waals surface area contributed by atoms with Gasteiger partial charge in [0, 0.05) is 20.3 Å². The molecule has 4 heteroatoms. The number of hydrogen-bond acceptors (Lipinski definition) is 1. The van der Waals surface area contributed by atoms with Crippen LogP contribution in [-0.4, -0.2) is 0 Å². The average molecular weight is 422 g/mol. The third-order valence-corrected chi connectivity index (χ3v) is 4.21. The van der Waals surface area contributed by atoms with Crippen molar-refractivity contribution in [1.82, 2.24) is 0 Å². The second-order valence-corrected chi connectivity index (χ2v) is 6.12. The van der Waals surface area contributed by atoms with Crippen LogP contribution in [0, 0.1) is 3.57 Å². The van der Waals surface area contributed by atoms with E-state index in [9.17, 15) is 0 Å². The van der Waals surface area contributed by atoms with Crippen LogP contribution in [0.4, 0.5) is 5.69 Å². The normalized spacial score (nSPS) is 10.3. The van der Waals surface area contributed by atoms with E-state index in [2.05, 4.69) is 68.1 Å². The lowest BCUT2D eigenvalue weighted by molar-refractivity contribution is 1.15. The van der Waals surface area contributed by atoms with E-state index in [-0.39, 0.29) is 0 Å². The van der Waals surface area contributed by atoms with Crippen LogP contribution < -0.4 is 5.32 Å². The standard InChI is InChI=1S/C13H10BrClIN/c14-12-5-4-11(7-13(12)15)17-8-9-2-1-3-10(16)6-9/h1-7,17H,8H2. The minimum atomic E-state index is 0.720. The van der Waals surface area contributed by atoms with Gasteiger partial charge in [0.15, 0.2) is 0 Å². The Morgan fingerprint density at radius 1 is 1.18 bits per heavy atom. The summed E-state index contributed by atoms with van der Waals surface area (Å²) in [6.45, 7) is 0.800. The van der Waals surface area contributed by atoms with E-state index in [1.165, 1.54) is 9.13 Å². The summed E-state index contributed by atoms with van der Waals surface area (Å²) >= 11 is 11.7. The van der Waals surface area contributed by atoms with Crippen molar-refractivity contribution in [3.8, 4) is 0 Å². The Bertz CT molecular complexity index is 531. The molecule has 0 heterocycles. The first-order valence-electron chi connectivity index (χ1n) is 5.08. The molecule has 0 radical (unpaired) electrons. The summed E-state index contributed by atoms with van der Waals surface area (Å²) in [7, 11) is 0.